The molecule has 140 valence electrons. The largest absolute Gasteiger partial charge is 0.405 e. The van der Waals surface area contributed by atoms with Crippen molar-refractivity contribution < 1.29 is 4.39 Å². The Morgan fingerprint density at radius 1 is 1.48 bits per heavy atom. The fourth-order valence-corrected chi connectivity index (χ4v) is 3.01. The number of likely N-dealkylation sites (N-methyl/N-ethyl adjacent to an activating group) is 1. The molecule has 0 saturated heterocycles. The molecular weight excluding hydrogens is 339 g/mol. The highest BCUT2D eigenvalue weighted by Crippen LogP contribution is 2.24. The van der Waals surface area contributed by atoms with Crippen LogP contribution in [-0.2, 0) is 0 Å². The summed E-state index contributed by atoms with van der Waals surface area (Å²) in [5.41, 5.74) is 16.2. The Hall–Kier alpha value is -1.75. The van der Waals surface area contributed by atoms with Crippen LogP contribution in [0.1, 0.15) is 33.6 Å². The van der Waals surface area contributed by atoms with E-state index in [1.54, 1.807) is 19.2 Å². The molecule has 6 heteroatoms. The first kappa shape index (κ1) is 21.3. The van der Waals surface area contributed by atoms with E-state index >= 15 is 0 Å². The summed E-state index contributed by atoms with van der Waals surface area (Å²) < 4.78 is 13.1. The molecule has 0 aromatic carbocycles. The summed E-state index contributed by atoms with van der Waals surface area (Å²) in [6.07, 6.45) is 7.38. The molecule has 2 atom stereocenters. The molecule has 1 heterocycles. The van der Waals surface area contributed by atoms with E-state index < -0.39 is 6.17 Å². The van der Waals surface area contributed by atoms with E-state index in [-0.39, 0.29) is 5.38 Å². The highest BCUT2D eigenvalue weighted by Gasteiger charge is 2.16. The molecule has 0 saturated carbocycles. The fourth-order valence-electron chi connectivity index (χ4n) is 2.82. The van der Waals surface area contributed by atoms with Crippen LogP contribution in [0, 0.1) is 0 Å². The van der Waals surface area contributed by atoms with Gasteiger partial charge in [-0.15, -0.1) is 11.6 Å². The number of nitrogens with zero attached hydrogens (tertiary/aromatic N) is 2. The maximum Gasteiger partial charge on any atom is 0.0977 e. The Morgan fingerprint density at radius 3 is 2.68 bits per heavy atom. The molecular formula is C19H30ClFN4. The van der Waals surface area contributed by atoms with Gasteiger partial charge in [-0.2, -0.15) is 0 Å². The molecule has 1 aliphatic rings. The van der Waals surface area contributed by atoms with E-state index in [4.69, 9.17) is 23.1 Å². The van der Waals surface area contributed by atoms with Gasteiger partial charge in [-0.25, -0.2) is 4.39 Å². The standard InChI is InChI=1S/C19H30ClFN4/c1-13-9-16(12-25(4)19(13)6-5-14(2)21)10-24-11-17(15(3)20)18(23)7-8-22/h7-9,11,14-15H,5-6,10,12,22-23H2,1-4H3/b8-7-,18-17?,24-11?. The quantitative estimate of drug-likeness (QED) is 0.390. The molecule has 0 aliphatic carbocycles. The molecule has 1 aliphatic heterocycles. The summed E-state index contributed by atoms with van der Waals surface area (Å²) in [4.78, 5) is 6.66. The first-order valence-corrected chi connectivity index (χ1v) is 8.96. The van der Waals surface area contributed by atoms with Crippen LogP contribution in [0.3, 0.4) is 0 Å². The van der Waals surface area contributed by atoms with Gasteiger partial charge in [0.1, 0.15) is 0 Å². The third-order valence-corrected chi connectivity index (χ3v) is 4.35. The second kappa shape index (κ2) is 10.3. The number of halogens is 2. The maximum atomic E-state index is 13.1. The van der Waals surface area contributed by atoms with Crippen molar-refractivity contribution in [3.63, 3.8) is 0 Å². The van der Waals surface area contributed by atoms with Crippen molar-refractivity contribution in [1.82, 2.24) is 4.90 Å². The third kappa shape index (κ3) is 6.94. The van der Waals surface area contributed by atoms with Crippen LogP contribution in [0.15, 0.2) is 51.5 Å². The molecule has 0 fully saturated rings. The van der Waals surface area contributed by atoms with Crippen molar-refractivity contribution in [2.75, 3.05) is 20.1 Å². The summed E-state index contributed by atoms with van der Waals surface area (Å²) in [6.45, 7) is 6.87. The first-order chi connectivity index (χ1) is 11.8. The van der Waals surface area contributed by atoms with Crippen LogP contribution >= 0.6 is 11.6 Å². The van der Waals surface area contributed by atoms with Crippen LogP contribution < -0.4 is 11.5 Å². The van der Waals surface area contributed by atoms with Crippen LogP contribution in [0.4, 0.5) is 4.39 Å². The number of hydrogen-bond acceptors (Lipinski definition) is 4. The van der Waals surface area contributed by atoms with Gasteiger partial charge in [0, 0.05) is 36.8 Å². The van der Waals surface area contributed by atoms with E-state index in [2.05, 4.69) is 22.9 Å². The molecule has 2 unspecified atom stereocenters. The lowest BCUT2D eigenvalue weighted by molar-refractivity contribution is 0.323. The van der Waals surface area contributed by atoms with Crippen LogP contribution in [-0.4, -0.2) is 42.8 Å². The molecule has 0 spiro atoms. The molecule has 0 bridgehead atoms. The molecule has 0 radical (unpaired) electrons. The minimum absolute atomic E-state index is 0.251. The Bertz CT molecular complexity index is 601. The van der Waals surface area contributed by atoms with Gasteiger partial charge in [0.05, 0.1) is 18.1 Å². The minimum atomic E-state index is -0.778. The summed E-state index contributed by atoms with van der Waals surface area (Å²) >= 11 is 6.16. The van der Waals surface area contributed by atoms with Gasteiger partial charge in [0.25, 0.3) is 0 Å². The molecule has 25 heavy (non-hydrogen) atoms. The van der Waals surface area contributed by atoms with E-state index in [1.165, 1.54) is 23.0 Å². The Morgan fingerprint density at radius 2 is 2.16 bits per heavy atom. The second-order valence-electron chi connectivity index (χ2n) is 6.46. The van der Waals surface area contributed by atoms with Gasteiger partial charge in [-0.1, -0.05) is 6.08 Å². The van der Waals surface area contributed by atoms with Crippen molar-refractivity contribution in [3.8, 4) is 0 Å². The zero-order chi connectivity index (χ0) is 19.0. The minimum Gasteiger partial charge on any atom is -0.405 e. The molecule has 1 rings (SSSR count). The van der Waals surface area contributed by atoms with Gasteiger partial charge in [-0.05, 0) is 57.0 Å². The predicted molar refractivity (Wildman–Crippen MR) is 106 cm³/mol. The average Bonchev–Trinajstić information content (AvgIpc) is 2.50. The fraction of sp³-hybridized carbons (Fsp3) is 0.526. The first-order valence-electron chi connectivity index (χ1n) is 8.52. The number of rotatable bonds is 8. The molecule has 4 N–H and O–H groups in total. The topological polar surface area (TPSA) is 67.6 Å². The average molecular weight is 369 g/mol. The maximum absolute atomic E-state index is 13.1. The molecule has 4 nitrogen and oxygen atoms in total. The van der Waals surface area contributed by atoms with E-state index in [0.29, 0.717) is 18.7 Å². The van der Waals surface area contributed by atoms with Crippen LogP contribution in [0.2, 0.25) is 0 Å². The van der Waals surface area contributed by atoms with Crippen molar-refractivity contribution in [2.45, 2.75) is 45.2 Å². The Balaban J connectivity index is 2.84. The highest BCUT2D eigenvalue weighted by molar-refractivity contribution is 6.24. The van der Waals surface area contributed by atoms with Crippen LogP contribution in [0.25, 0.3) is 0 Å². The normalized spacial score (nSPS) is 19.4. The Kier molecular flexibility index (Phi) is 8.76. The van der Waals surface area contributed by atoms with Gasteiger partial charge >= 0.3 is 0 Å². The summed E-state index contributed by atoms with van der Waals surface area (Å²) in [6, 6.07) is 0. The zero-order valence-corrected chi connectivity index (χ0v) is 16.4. The lowest BCUT2D eigenvalue weighted by Crippen LogP contribution is -2.26. The second-order valence-corrected chi connectivity index (χ2v) is 7.12. The molecule has 0 aromatic heterocycles. The van der Waals surface area contributed by atoms with Crippen LogP contribution in [0.5, 0.6) is 0 Å². The summed E-state index contributed by atoms with van der Waals surface area (Å²) in [7, 11) is 2.04. The van der Waals surface area contributed by atoms with Crippen molar-refractivity contribution in [1.29, 1.82) is 0 Å². The number of hydrogen-bond donors (Lipinski definition) is 2. The molecule has 0 amide bonds. The van der Waals surface area contributed by atoms with E-state index in [1.807, 2.05) is 14.0 Å². The van der Waals surface area contributed by atoms with Crippen molar-refractivity contribution >= 4 is 17.8 Å². The SMILES string of the molecule is CC1=C(CCC(C)F)N(C)CC(CN=CC(=C(N)/C=C\N)C(C)Cl)=C1. The monoisotopic (exact) mass is 368 g/mol. The van der Waals surface area contributed by atoms with E-state index in [9.17, 15) is 4.39 Å². The highest BCUT2D eigenvalue weighted by atomic mass is 35.5. The van der Waals surface area contributed by atoms with E-state index in [0.717, 1.165) is 18.5 Å². The predicted octanol–water partition coefficient (Wildman–Crippen LogP) is 3.65. The van der Waals surface area contributed by atoms with Gasteiger partial charge in [0.15, 0.2) is 0 Å². The van der Waals surface area contributed by atoms with Gasteiger partial charge in [-0.3, -0.25) is 4.99 Å². The lowest BCUT2D eigenvalue weighted by atomic mass is 10.0. The summed E-state index contributed by atoms with van der Waals surface area (Å²) in [5, 5.41) is -0.251. The van der Waals surface area contributed by atoms with Gasteiger partial charge < -0.3 is 16.4 Å². The lowest BCUT2D eigenvalue weighted by Gasteiger charge is -2.29. The Labute approximate surface area is 155 Å². The number of alkyl halides is 2. The number of aliphatic imine (C=N–C) groups is 1. The van der Waals surface area contributed by atoms with Gasteiger partial charge in [0.2, 0.25) is 0 Å². The van der Waals surface area contributed by atoms with Crippen molar-refractivity contribution in [2.24, 2.45) is 16.5 Å². The zero-order valence-electron chi connectivity index (χ0n) is 15.6. The number of nitrogens with two attached hydrogens (primary N) is 2. The number of allylic oxidation sites excluding steroid dienone is 5. The molecule has 0 aromatic rings. The third-order valence-electron chi connectivity index (χ3n) is 4.12. The summed E-state index contributed by atoms with van der Waals surface area (Å²) in [5.74, 6) is 0. The van der Waals surface area contributed by atoms with Crippen molar-refractivity contribution in [3.05, 3.63) is 46.5 Å². The smallest absolute Gasteiger partial charge is 0.0977 e.